The number of Topliss-reactive ketones (excluding diaryl/α,β-unsaturated/α-hetero) is 1. The van der Waals surface area contributed by atoms with Gasteiger partial charge in [0.25, 0.3) is 0 Å². The Morgan fingerprint density at radius 1 is 1.26 bits per heavy atom. The molecule has 104 valence electrons. The van der Waals surface area contributed by atoms with Crippen LogP contribution < -0.4 is 0 Å². The molecule has 1 aliphatic rings. The smallest absolute Gasteiger partial charge is 0.140 e. The summed E-state index contributed by atoms with van der Waals surface area (Å²) in [5, 5.41) is 1.27. The predicted octanol–water partition coefficient (Wildman–Crippen LogP) is 5.32. The second-order valence-electron chi connectivity index (χ2n) is 6.32. The molecule has 0 spiro atoms. The molecule has 1 nitrogen and oxygen atoms in total. The molecule has 0 atom stereocenters. The minimum atomic E-state index is 0.197. The Labute approximate surface area is 125 Å². The van der Waals surface area contributed by atoms with E-state index in [1.165, 1.54) is 0 Å². The monoisotopic (exact) mass is 298 g/mol. The Morgan fingerprint density at radius 3 is 2.53 bits per heavy atom. The summed E-state index contributed by atoms with van der Waals surface area (Å²) in [5.74, 6) is 0.503. The largest absolute Gasteiger partial charge is 0.299 e. The number of carbonyl (C=O) groups is 1. The number of hydrogen-bond acceptors (Lipinski definition) is 1. The van der Waals surface area contributed by atoms with Gasteiger partial charge < -0.3 is 0 Å². The molecule has 1 aliphatic carbocycles. The van der Waals surface area contributed by atoms with E-state index in [1.807, 2.05) is 0 Å². The van der Waals surface area contributed by atoms with Gasteiger partial charge >= 0.3 is 0 Å². The maximum absolute atomic E-state index is 12.3. The highest BCUT2D eigenvalue weighted by Crippen LogP contribution is 2.38. The molecule has 1 fully saturated rings. The van der Waals surface area contributed by atoms with E-state index in [2.05, 4.69) is 13.8 Å². The van der Waals surface area contributed by atoms with E-state index in [0.29, 0.717) is 27.7 Å². The lowest BCUT2D eigenvalue weighted by molar-refractivity contribution is -0.123. The van der Waals surface area contributed by atoms with Crippen LogP contribution in [0, 0.1) is 11.3 Å². The molecule has 0 bridgehead atoms. The highest BCUT2D eigenvalue weighted by Gasteiger charge is 2.30. The Morgan fingerprint density at radius 2 is 1.89 bits per heavy atom. The second kappa shape index (κ2) is 5.85. The Kier molecular flexibility index (Phi) is 4.58. The zero-order valence-electron chi connectivity index (χ0n) is 11.5. The molecule has 0 aliphatic heterocycles. The first-order valence-electron chi connectivity index (χ1n) is 6.84. The fourth-order valence-electron chi connectivity index (χ4n) is 2.73. The molecule has 1 aromatic carbocycles. The maximum Gasteiger partial charge on any atom is 0.140 e. The van der Waals surface area contributed by atoms with Gasteiger partial charge in [0.2, 0.25) is 0 Å². The number of carbonyl (C=O) groups excluding carboxylic acids is 1. The highest BCUT2D eigenvalue weighted by atomic mass is 35.5. The van der Waals surface area contributed by atoms with E-state index in [4.69, 9.17) is 23.2 Å². The van der Waals surface area contributed by atoms with Crippen LogP contribution in [0.15, 0.2) is 18.2 Å². The van der Waals surface area contributed by atoms with Crippen molar-refractivity contribution in [1.82, 2.24) is 0 Å². The van der Waals surface area contributed by atoms with Crippen LogP contribution in [0.2, 0.25) is 10.0 Å². The van der Waals surface area contributed by atoms with E-state index in [-0.39, 0.29) is 5.92 Å². The summed E-state index contributed by atoms with van der Waals surface area (Å²) >= 11 is 12.1. The van der Waals surface area contributed by atoms with E-state index in [0.717, 1.165) is 31.2 Å². The molecule has 0 radical (unpaired) electrons. The number of rotatable bonds is 3. The van der Waals surface area contributed by atoms with Gasteiger partial charge in [-0.05, 0) is 54.9 Å². The molecule has 0 aromatic heterocycles. The van der Waals surface area contributed by atoms with Crippen molar-refractivity contribution in [1.29, 1.82) is 0 Å². The summed E-state index contributed by atoms with van der Waals surface area (Å²) < 4.78 is 0. The summed E-state index contributed by atoms with van der Waals surface area (Å²) in [4.78, 5) is 12.3. The molecule has 0 saturated heterocycles. The standard InChI is InChI=1S/C16H20Cl2O/c1-16(2)7-5-11(6-8-16)15(19)10-12-9-13(17)3-4-14(12)18/h3-4,9,11H,5-8,10H2,1-2H3. The van der Waals surface area contributed by atoms with Gasteiger partial charge in [0.15, 0.2) is 0 Å². The number of ketones is 1. The van der Waals surface area contributed by atoms with Gasteiger partial charge in [-0.25, -0.2) is 0 Å². The summed E-state index contributed by atoms with van der Waals surface area (Å²) in [7, 11) is 0. The third kappa shape index (κ3) is 3.97. The molecule has 1 saturated carbocycles. The lowest BCUT2D eigenvalue weighted by atomic mass is 9.71. The third-order valence-electron chi connectivity index (χ3n) is 4.17. The van der Waals surface area contributed by atoms with Crippen LogP contribution in [0.1, 0.15) is 45.1 Å². The average Bonchev–Trinajstić information content (AvgIpc) is 2.33. The topological polar surface area (TPSA) is 17.1 Å². The van der Waals surface area contributed by atoms with Crippen LogP contribution >= 0.6 is 23.2 Å². The third-order valence-corrected chi connectivity index (χ3v) is 4.77. The number of hydrogen-bond donors (Lipinski definition) is 0. The van der Waals surface area contributed by atoms with Gasteiger partial charge in [0.1, 0.15) is 5.78 Å². The van der Waals surface area contributed by atoms with Crippen LogP contribution in [-0.2, 0) is 11.2 Å². The lowest BCUT2D eigenvalue weighted by Gasteiger charge is -2.33. The summed E-state index contributed by atoms with van der Waals surface area (Å²) in [6, 6.07) is 5.31. The predicted molar refractivity (Wildman–Crippen MR) is 80.9 cm³/mol. The molecule has 0 N–H and O–H groups in total. The van der Waals surface area contributed by atoms with E-state index in [1.54, 1.807) is 18.2 Å². The Balaban J connectivity index is 2.00. The fourth-order valence-corrected chi connectivity index (χ4v) is 3.11. The minimum Gasteiger partial charge on any atom is -0.299 e. The van der Waals surface area contributed by atoms with Crippen molar-refractivity contribution in [3.8, 4) is 0 Å². The number of halogens is 2. The first-order valence-corrected chi connectivity index (χ1v) is 7.60. The molecular formula is C16H20Cl2O. The van der Waals surface area contributed by atoms with Crippen LogP contribution in [0.4, 0.5) is 0 Å². The van der Waals surface area contributed by atoms with Crippen LogP contribution in [-0.4, -0.2) is 5.78 Å². The molecule has 1 aromatic rings. The summed E-state index contributed by atoms with van der Waals surface area (Å²) in [6.45, 7) is 4.56. The van der Waals surface area contributed by atoms with Crippen molar-refractivity contribution in [2.75, 3.05) is 0 Å². The SMILES string of the molecule is CC1(C)CCC(C(=O)Cc2cc(Cl)ccc2Cl)CC1. The van der Waals surface area contributed by atoms with Crippen LogP contribution in [0.3, 0.4) is 0 Å². The van der Waals surface area contributed by atoms with Gasteiger partial charge in [0, 0.05) is 22.4 Å². The van der Waals surface area contributed by atoms with E-state index in [9.17, 15) is 4.79 Å². The van der Waals surface area contributed by atoms with Crippen molar-refractivity contribution in [3.05, 3.63) is 33.8 Å². The fraction of sp³-hybridized carbons (Fsp3) is 0.562. The Bertz CT molecular complexity index is 470. The molecule has 0 heterocycles. The van der Waals surface area contributed by atoms with E-state index < -0.39 is 0 Å². The minimum absolute atomic E-state index is 0.197. The highest BCUT2D eigenvalue weighted by molar-refractivity contribution is 6.33. The van der Waals surface area contributed by atoms with Crippen molar-refractivity contribution in [2.24, 2.45) is 11.3 Å². The van der Waals surface area contributed by atoms with Crippen molar-refractivity contribution >= 4 is 29.0 Å². The molecule has 0 amide bonds. The maximum atomic E-state index is 12.3. The first-order chi connectivity index (χ1) is 8.87. The summed E-state index contributed by atoms with van der Waals surface area (Å²) in [6.07, 6.45) is 4.68. The van der Waals surface area contributed by atoms with E-state index >= 15 is 0 Å². The zero-order chi connectivity index (χ0) is 14.0. The average molecular weight is 299 g/mol. The summed E-state index contributed by atoms with van der Waals surface area (Å²) in [5.41, 5.74) is 1.24. The lowest BCUT2D eigenvalue weighted by Crippen LogP contribution is -2.27. The number of benzene rings is 1. The van der Waals surface area contributed by atoms with Crippen LogP contribution in [0.25, 0.3) is 0 Å². The second-order valence-corrected chi connectivity index (χ2v) is 7.16. The van der Waals surface area contributed by atoms with Gasteiger partial charge in [-0.3, -0.25) is 4.79 Å². The van der Waals surface area contributed by atoms with Gasteiger partial charge in [0.05, 0.1) is 0 Å². The quantitative estimate of drug-likeness (QED) is 0.738. The molecule has 19 heavy (non-hydrogen) atoms. The Hall–Kier alpha value is -0.530. The molecule has 2 rings (SSSR count). The molecular weight excluding hydrogens is 279 g/mol. The van der Waals surface area contributed by atoms with Crippen molar-refractivity contribution < 1.29 is 4.79 Å². The molecule has 3 heteroatoms. The van der Waals surface area contributed by atoms with Gasteiger partial charge in [-0.1, -0.05) is 37.0 Å². The van der Waals surface area contributed by atoms with Crippen molar-refractivity contribution in [3.63, 3.8) is 0 Å². The first kappa shape index (κ1) is 14.9. The van der Waals surface area contributed by atoms with Crippen molar-refractivity contribution in [2.45, 2.75) is 46.0 Å². The zero-order valence-corrected chi connectivity index (χ0v) is 13.0. The van der Waals surface area contributed by atoms with Crippen LogP contribution in [0.5, 0.6) is 0 Å². The van der Waals surface area contributed by atoms with Gasteiger partial charge in [-0.2, -0.15) is 0 Å². The normalized spacial score (nSPS) is 19.4. The molecule has 0 unspecified atom stereocenters. The van der Waals surface area contributed by atoms with Gasteiger partial charge in [-0.15, -0.1) is 0 Å².